The van der Waals surface area contributed by atoms with Gasteiger partial charge in [-0.15, -0.1) is 11.3 Å². The highest BCUT2D eigenvalue weighted by Crippen LogP contribution is 2.31. The van der Waals surface area contributed by atoms with Crippen molar-refractivity contribution in [2.75, 3.05) is 10.5 Å². The summed E-state index contributed by atoms with van der Waals surface area (Å²) in [5.41, 5.74) is 0.870. The Kier molecular flexibility index (Phi) is 11.2. The number of nitrogens with zero attached hydrogens (tertiary/aromatic N) is 2. The van der Waals surface area contributed by atoms with E-state index >= 15 is 4.39 Å². The van der Waals surface area contributed by atoms with Gasteiger partial charge < -0.3 is 10.1 Å². The van der Waals surface area contributed by atoms with E-state index in [-0.39, 0.29) is 21.3 Å². The second kappa shape index (κ2) is 15.9. The van der Waals surface area contributed by atoms with Crippen LogP contribution in [0.25, 0.3) is 32.9 Å². The molecular formula is C38H29ClF2N4O6S3. The molecule has 3 aromatic heterocycles. The molecule has 0 aliphatic carbocycles. The lowest BCUT2D eigenvalue weighted by Gasteiger charge is -2.11. The van der Waals surface area contributed by atoms with E-state index in [0.717, 1.165) is 39.8 Å². The molecule has 16 heteroatoms. The first-order valence-electron chi connectivity index (χ1n) is 16.1. The van der Waals surface area contributed by atoms with Crippen LogP contribution in [0, 0.1) is 11.6 Å². The van der Waals surface area contributed by atoms with Gasteiger partial charge in [-0.1, -0.05) is 67.1 Å². The zero-order valence-electron chi connectivity index (χ0n) is 28.1. The number of hydrogen-bond acceptors (Lipinski definition) is 8. The van der Waals surface area contributed by atoms with Crippen molar-refractivity contribution in [1.82, 2.24) is 9.97 Å². The number of carbonyl (C=O) groups is 1. The minimum atomic E-state index is -3.84. The molecule has 4 aromatic carbocycles. The number of aromatic hydroxyl groups is 1. The first kappa shape index (κ1) is 38.3. The second-order valence-electron chi connectivity index (χ2n) is 11.7. The van der Waals surface area contributed by atoms with Crippen molar-refractivity contribution in [2.24, 2.45) is 4.40 Å². The molecule has 0 atom stereocenters. The number of anilines is 1. The van der Waals surface area contributed by atoms with Crippen LogP contribution in [0.3, 0.4) is 0 Å². The number of hydrogen-bond donors (Lipinski definition) is 3. The third-order valence-corrected chi connectivity index (χ3v) is 12.4. The number of H-pyrrole nitrogens is 1. The van der Waals surface area contributed by atoms with Gasteiger partial charge in [0, 0.05) is 39.5 Å². The molecular weight excluding hydrogens is 778 g/mol. The lowest BCUT2D eigenvalue weighted by atomic mass is 10.00. The van der Waals surface area contributed by atoms with Crippen LogP contribution in [0.5, 0.6) is 5.75 Å². The molecule has 54 heavy (non-hydrogen) atoms. The summed E-state index contributed by atoms with van der Waals surface area (Å²) in [7, 11) is -7.56. The number of sulfonamides is 2. The third kappa shape index (κ3) is 8.34. The summed E-state index contributed by atoms with van der Waals surface area (Å²) in [6.07, 6.45) is 4.42. The third-order valence-electron chi connectivity index (χ3n) is 8.03. The van der Waals surface area contributed by atoms with Gasteiger partial charge in [-0.05, 0) is 70.6 Å². The number of halogens is 3. The van der Waals surface area contributed by atoms with E-state index in [1.165, 1.54) is 24.5 Å². The Morgan fingerprint density at radius 3 is 2.44 bits per heavy atom. The van der Waals surface area contributed by atoms with E-state index in [0.29, 0.717) is 33.6 Å². The van der Waals surface area contributed by atoms with E-state index in [1.807, 2.05) is 24.3 Å². The van der Waals surface area contributed by atoms with Crippen molar-refractivity contribution < 1.29 is 35.5 Å². The first-order valence-corrected chi connectivity index (χ1v) is 20.4. The van der Waals surface area contributed by atoms with Crippen LogP contribution in [0.15, 0.2) is 117 Å². The van der Waals surface area contributed by atoms with E-state index < -0.39 is 48.7 Å². The van der Waals surface area contributed by atoms with Crippen LogP contribution in [-0.4, -0.2) is 49.7 Å². The Morgan fingerprint density at radius 2 is 1.72 bits per heavy atom. The fraction of sp³-hybridized carbons (Fsp3) is 0.0789. The summed E-state index contributed by atoms with van der Waals surface area (Å²) < 4.78 is 83.8. The quantitative estimate of drug-likeness (QED) is 0.0920. The average molecular weight is 807 g/mol. The molecule has 276 valence electrons. The van der Waals surface area contributed by atoms with Gasteiger partial charge in [0.05, 0.1) is 23.2 Å². The second-order valence-corrected chi connectivity index (χ2v) is 16.8. The van der Waals surface area contributed by atoms with Crippen molar-refractivity contribution in [1.29, 1.82) is 0 Å². The van der Waals surface area contributed by atoms with Gasteiger partial charge in [-0.3, -0.25) is 9.52 Å². The molecule has 0 aliphatic rings. The van der Waals surface area contributed by atoms with Crippen LogP contribution in [-0.2, 0) is 20.0 Å². The minimum Gasteiger partial charge on any atom is -0.507 e. The largest absolute Gasteiger partial charge is 0.507 e. The molecule has 0 aliphatic heterocycles. The zero-order valence-corrected chi connectivity index (χ0v) is 31.3. The highest BCUT2D eigenvalue weighted by atomic mass is 35.5. The number of phenolic OH excluding ortho intramolecular Hbond substituents is 1. The Labute approximate surface area is 317 Å². The lowest BCUT2D eigenvalue weighted by Crippen LogP contribution is -2.18. The van der Waals surface area contributed by atoms with Crippen molar-refractivity contribution in [2.45, 2.75) is 17.6 Å². The molecule has 10 nitrogen and oxygen atoms in total. The van der Waals surface area contributed by atoms with Crippen LogP contribution < -0.4 is 4.72 Å². The highest BCUT2D eigenvalue weighted by molar-refractivity contribution is 7.92. The molecule has 0 radical (unpaired) electrons. The summed E-state index contributed by atoms with van der Waals surface area (Å²) >= 11 is 7.04. The predicted octanol–water partition coefficient (Wildman–Crippen LogP) is 8.96. The number of phenols is 1. The van der Waals surface area contributed by atoms with E-state index in [2.05, 4.69) is 19.1 Å². The Morgan fingerprint density at radius 1 is 0.963 bits per heavy atom. The van der Waals surface area contributed by atoms with Gasteiger partial charge in [0.2, 0.25) is 15.8 Å². The lowest BCUT2D eigenvalue weighted by molar-refractivity contribution is 0.103. The number of benzene rings is 4. The van der Waals surface area contributed by atoms with E-state index in [4.69, 9.17) is 11.6 Å². The topological polar surface area (TPSA) is 159 Å². The molecule has 3 N–H and O–H groups in total. The van der Waals surface area contributed by atoms with Gasteiger partial charge in [0.25, 0.3) is 10.0 Å². The number of thiophene rings is 1. The zero-order chi connectivity index (χ0) is 38.6. The maximum Gasteiger partial charge on any atom is 0.291 e. The molecule has 0 saturated carbocycles. The average Bonchev–Trinajstić information content (AvgIpc) is 3.85. The molecule has 3 heterocycles. The minimum absolute atomic E-state index is 0.000297. The van der Waals surface area contributed by atoms with Gasteiger partial charge in [-0.2, -0.15) is 12.8 Å². The number of ketones is 1. The van der Waals surface area contributed by atoms with Crippen LogP contribution >= 0.6 is 22.9 Å². The predicted molar refractivity (Wildman–Crippen MR) is 209 cm³/mol. The van der Waals surface area contributed by atoms with Crippen molar-refractivity contribution in [3.05, 3.63) is 142 Å². The molecule has 0 spiro atoms. The molecule has 0 fully saturated rings. The van der Waals surface area contributed by atoms with Crippen LogP contribution in [0.1, 0.15) is 34.8 Å². The molecule has 0 amide bonds. The number of nitrogens with one attached hydrogen (secondary N) is 2. The summed E-state index contributed by atoms with van der Waals surface area (Å²) in [6.45, 7) is 1.65. The highest BCUT2D eigenvalue weighted by Gasteiger charge is 2.26. The van der Waals surface area contributed by atoms with Gasteiger partial charge in [-0.25, -0.2) is 22.2 Å². The summed E-state index contributed by atoms with van der Waals surface area (Å²) in [5, 5.41) is 14.2. The van der Waals surface area contributed by atoms with Gasteiger partial charge in [0.1, 0.15) is 21.4 Å². The maximum absolute atomic E-state index is 15.1. The Bertz CT molecular complexity index is 2760. The number of carbonyl (C=O) groups excluding carboxylic acids is 1. The summed E-state index contributed by atoms with van der Waals surface area (Å²) in [4.78, 5) is 20.3. The molecule has 0 saturated heterocycles. The standard InChI is InChI=1S/C23H18ClF2N3O3S.C15H11NO3S2/c1-2-9-33(31,32)29-19-8-7-18(25)20(21(19)26)22(30)17-12-28-23-16(17)10-14(11-27-23)13-3-5-15(24)6-4-13;17-14-8-7-11-4-1-2-5-12(11)13(14)10-16-21(18,19)15-6-3-9-20-15/h3-8,10-12,29H,2,9H2,1H3,(H,27,28);1-10,17H/b;16-10+. The summed E-state index contributed by atoms with van der Waals surface area (Å²) in [5.74, 6) is -3.57. The number of fused-ring (bicyclic) bond motifs is 2. The normalized spacial score (nSPS) is 11.9. The number of rotatable bonds is 10. The van der Waals surface area contributed by atoms with E-state index in [1.54, 1.807) is 61.0 Å². The van der Waals surface area contributed by atoms with Crippen molar-refractivity contribution in [3.8, 4) is 16.9 Å². The Balaban J connectivity index is 0.000000203. The molecule has 0 bridgehead atoms. The first-order chi connectivity index (χ1) is 25.8. The molecule has 7 aromatic rings. The number of pyridine rings is 1. The van der Waals surface area contributed by atoms with Crippen LogP contribution in [0.4, 0.5) is 14.5 Å². The SMILES string of the molecule is CCCS(=O)(=O)Nc1ccc(F)c(C(=O)c2c[nH]c3ncc(-c4ccc(Cl)cc4)cc23)c1F.O=S(=O)(/N=C/c1c(O)ccc2ccccc12)c1cccs1. The van der Waals surface area contributed by atoms with E-state index in [9.17, 15) is 31.1 Å². The summed E-state index contributed by atoms with van der Waals surface area (Å²) in [6, 6.07) is 24.3. The number of aromatic nitrogens is 2. The van der Waals surface area contributed by atoms with Crippen LogP contribution in [0.2, 0.25) is 5.02 Å². The van der Waals surface area contributed by atoms with Crippen molar-refractivity contribution in [3.63, 3.8) is 0 Å². The molecule has 7 rings (SSSR count). The maximum atomic E-state index is 15.1. The van der Waals surface area contributed by atoms with Gasteiger partial charge in [0.15, 0.2) is 5.82 Å². The monoisotopic (exact) mass is 806 g/mol. The van der Waals surface area contributed by atoms with Crippen molar-refractivity contribution >= 4 is 82.5 Å². The number of aromatic amines is 1. The molecule has 0 unspecified atom stereocenters. The van der Waals surface area contributed by atoms with Gasteiger partial charge >= 0.3 is 0 Å². The fourth-order valence-corrected chi connectivity index (χ4v) is 8.54. The smallest absolute Gasteiger partial charge is 0.291 e. The Hall–Kier alpha value is -5.48. The fourth-order valence-electron chi connectivity index (χ4n) is 5.46.